The first-order valence-corrected chi connectivity index (χ1v) is 9.78. The molecule has 0 spiro atoms. The normalized spacial score (nSPS) is 16.6. The van der Waals surface area contributed by atoms with Gasteiger partial charge in [0.15, 0.2) is 0 Å². The van der Waals surface area contributed by atoms with E-state index in [2.05, 4.69) is 48.3 Å². The Kier molecular flexibility index (Phi) is 5.05. The molecule has 0 bridgehead atoms. The topological polar surface area (TPSA) is 28.5 Å². The quantitative estimate of drug-likeness (QED) is 0.696. The van der Waals surface area contributed by atoms with Crippen LogP contribution in [-0.4, -0.2) is 47.0 Å². The Morgan fingerprint density at radius 3 is 2.39 bits per heavy atom. The van der Waals surface area contributed by atoms with E-state index in [-0.39, 0.29) is 5.91 Å². The fourth-order valence-electron chi connectivity index (χ4n) is 4.14. The molecule has 1 aliphatic rings. The minimum atomic E-state index is 0.0666. The predicted molar refractivity (Wildman–Crippen MR) is 113 cm³/mol. The number of nitrogens with zero attached hydrogens (tertiary/aromatic N) is 3. The van der Waals surface area contributed by atoms with Crippen LogP contribution in [0, 0.1) is 0 Å². The van der Waals surface area contributed by atoms with Crippen molar-refractivity contribution in [3.63, 3.8) is 0 Å². The summed E-state index contributed by atoms with van der Waals surface area (Å²) in [5, 5.41) is 0. The van der Waals surface area contributed by atoms with Crippen molar-refractivity contribution in [2.24, 2.45) is 7.05 Å². The highest BCUT2D eigenvalue weighted by Gasteiger charge is 2.26. The van der Waals surface area contributed by atoms with E-state index < -0.39 is 0 Å². The molecule has 144 valence electrons. The highest BCUT2D eigenvalue weighted by Crippen LogP contribution is 2.24. The summed E-state index contributed by atoms with van der Waals surface area (Å²) < 4.78 is 1.99. The zero-order valence-corrected chi connectivity index (χ0v) is 16.8. The molecule has 0 saturated carbocycles. The van der Waals surface area contributed by atoms with Gasteiger partial charge in [-0.2, -0.15) is 0 Å². The van der Waals surface area contributed by atoms with Gasteiger partial charge < -0.3 is 9.47 Å². The van der Waals surface area contributed by atoms with E-state index in [0.717, 1.165) is 36.5 Å². The monoisotopic (exact) mass is 373 g/mol. The second-order valence-electron chi connectivity index (χ2n) is 7.76. The van der Waals surface area contributed by atoms with Crippen LogP contribution < -0.4 is 0 Å². The minimum Gasteiger partial charge on any atom is -0.340 e. The van der Waals surface area contributed by atoms with Crippen molar-refractivity contribution in [2.45, 2.75) is 19.0 Å². The third-order valence-electron chi connectivity index (χ3n) is 5.86. The minimum absolute atomic E-state index is 0.0666. The highest BCUT2D eigenvalue weighted by molar-refractivity contribution is 5.93. The van der Waals surface area contributed by atoms with Crippen molar-refractivity contribution in [1.29, 1.82) is 0 Å². The lowest BCUT2D eigenvalue weighted by atomic mass is 9.94. The maximum Gasteiger partial charge on any atom is 0.270 e. The second kappa shape index (κ2) is 7.64. The van der Waals surface area contributed by atoms with Crippen molar-refractivity contribution in [1.82, 2.24) is 14.4 Å². The van der Waals surface area contributed by atoms with Crippen molar-refractivity contribution in [3.8, 4) is 11.3 Å². The summed E-state index contributed by atoms with van der Waals surface area (Å²) in [5.41, 5.74) is 5.69. The average molecular weight is 374 g/mol. The molecule has 2 heterocycles. The van der Waals surface area contributed by atoms with E-state index in [1.165, 1.54) is 11.1 Å². The summed E-state index contributed by atoms with van der Waals surface area (Å²) >= 11 is 0. The van der Waals surface area contributed by atoms with E-state index in [1.807, 2.05) is 53.9 Å². The summed E-state index contributed by atoms with van der Waals surface area (Å²) in [6, 6.07) is 23.1. The summed E-state index contributed by atoms with van der Waals surface area (Å²) in [4.78, 5) is 17.3. The lowest BCUT2D eigenvalue weighted by molar-refractivity contribution is 0.0724. The van der Waals surface area contributed by atoms with Crippen LogP contribution in [0.5, 0.6) is 0 Å². The van der Waals surface area contributed by atoms with Gasteiger partial charge in [0, 0.05) is 38.9 Å². The first-order chi connectivity index (χ1) is 13.5. The van der Waals surface area contributed by atoms with E-state index in [4.69, 9.17) is 0 Å². The Labute approximate surface area is 167 Å². The number of amides is 1. The fourth-order valence-corrected chi connectivity index (χ4v) is 4.14. The third-order valence-corrected chi connectivity index (χ3v) is 5.86. The fraction of sp³-hybridized carbons (Fsp3) is 0.292. The number of hydrogen-bond acceptors (Lipinski definition) is 2. The number of aromatic nitrogens is 1. The molecule has 4 nitrogen and oxygen atoms in total. The number of likely N-dealkylation sites (N-methyl/N-ethyl adjacent to an activating group) is 2. The number of carbonyl (C=O) groups excluding carboxylic acids is 1. The zero-order chi connectivity index (χ0) is 19.7. The molecule has 0 N–H and O–H groups in total. The molecule has 0 fully saturated rings. The van der Waals surface area contributed by atoms with Gasteiger partial charge in [-0.3, -0.25) is 9.69 Å². The average Bonchev–Trinajstić information content (AvgIpc) is 3.10. The van der Waals surface area contributed by atoms with Crippen molar-refractivity contribution in [3.05, 3.63) is 83.6 Å². The lowest BCUT2D eigenvalue weighted by Gasteiger charge is -2.36. The molecule has 1 atom stereocenters. The summed E-state index contributed by atoms with van der Waals surface area (Å²) in [5.74, 6) is 0.0666. The lowest BCUT2D eigenvalue weighted by Crippen LogP contribution is -2.46. The molecule has 0 saturated heterocycles. The number of fused-ring (bicyclic) bond motifs is 1. The standard InChI is InChI=1S/C24H27N3O/c1-25-16-20-12-8-7-11-19(20)15-21(25)17-26(2)24(28)23-14-13-22(27(23)3)18-9-5-4-6-10-18/h4-14,21H,15-17H2,1-3H3. The van der Waals surface area contributed by atoms with Crippen LogP contribution >= 0.6 is 0 Å². The molecular weight excluding hydrogens is 346 g/mol. The molecule has 2 aromatic carbocycles. The number of hydrogen-bond donors (Lipinski definition) is 0. The predicted octanol–water partition coefficient (Wildman–Crippen LogP) is 3.82. The van der Waals surface area contributed by atoms with Gasteiger partial charge in [0.2, 0.25) is 0 Å². The van der Waals surface area contributed by atoms with Crippen LogP contribution in [0.25, 0.3) is 11.3 Å². The first kappa shape index (κ1) is 18.5. The van der Waals surface area contributed by atoms with Crippen LogP contribution in [0.1, 0.15) is 21.6 Å². The van der Waals surface area contributed by atoms with Gasteiger partial charge in [0.25, 0.3) is 5.91 Å². The molecule has 28 heavy (non-hydrogen) atoms. The highest BCUT2D eigenvalue weighted by atomic mass is 16.2. The Morgan fingerprint density at radius 1 is 0.964 bits per heavy atom. The summed E-state index contributed by atoms with van der Waals surface area (Å²) in [6.07, 6.45) is 0.979. The maximum absolute atomic E-state index is 13.1. The van der Waals surface area contributed by atoms with Crippen LogP contribution in [0.4, 0.5) is 0 Å². The van der Waals surface area contributed by atoms with E-state index in [1.54, 1.807) is 0 Å². The molecule has 4 rings (SSSR count). The molecule has 1 aliphatic heterocycles. The van der Waals surface area contributed by atoms with Gasteiger partial charge in [-0.1, -0.05) is 54.6 Å². The molecule has 0 radical (unpaired) electrons. The van der Waals surface area contributed by atoms with Gasteiger partial charge in [-0.25, -0.2) is 0 Å². The molecular formula is C24H27N3O. The molecule has 1 aromatic heterocycles. The van der Waals surface area contributed by atoms with E-state index in [0.29, 0.717) is 6.04 Å². The Balaban J connectivity index is 1.49. The van der Waals surface area contributed by atoms with Gasteiger partial charge in [-0.05, 0) is 42.3 Å². The van der Waals surface area contributed by atoms with Crippen LogP contribution in [-0.2, 0) is 20.0 Å². The van der Waals surface area contributed by atoms with Gasteiger partial charge in [0.05, 0.1) is 0 Å². The SMILES string of the molecule is CN(CC1Cc2ccccc2CN1C)C(=O)c1ccc(-c2ccccc2)n1C. The number of carbonyl (C=O) groups is 1. The van der Waals surface area contributed by atoms with E-state index >= 15 is 0 Å². The molecule has 1 amide bonds. The van der Waals surface area contributed by atoms with Crippen LogP contribution in [0.2, 0.25) is 0 Å². The number of benzene rings is 2. The first-order valence-electron chi connectivity index (χ1n) is 9.78. The molecule has 4 heteroatoms. The molecule has 3 aromatic rings. The smallest absolute Gasteiger partial charge is 0.270 e. The van der Waals surface area contributed by atoms with Gasteiger partial charge in [0.1, 0.15) is 5.69 Å². The Morgan fingerprint density at radius 2 is 1.64 bits per heavy atom. The summed E-state index contributed by atoms with van der Waals surface area (Å²) in [7, 11) is 6.02. The van der Waals surface area contributed by atoms with Crippen LogP contribution in [0.3, 0.4) is 0 Å². The van der Waals surface area contributed by atoms with Gasteiger partial charge in [-0.15, -0.1) is 0 Å². The Bertz CT molecular complexity index is 977. The van der Waals surface area contributed by atoms with Gasteiger partial charge >= 0.3 is 0 Å². The maximum atomic E-state index is 13.1. The van der Waals surface area contributed by atoms with E-state index in [9.17, 15) is 4.79 Å². The van der Waals surface area contributed by atoms with Crippen molar-refractivity contribution in [2.75, 3.05) is 20.6 Å². The van der Waals surface area contributed by atoms with Crippen LogP contribution in [0.15, 0.2) is 66.7 Å². The third kappa shape index (κ3) is 3.48. The van der Waals surface area contributed by atoms with Crippen molar-refractivity contribution >= 4 is 5.91 Å². The zero-order valence-electron chi connectivity index (χ0n) is 16.8. The summed E-state index contributed by atoms with van der Waals surface area (Å²) in [6.45, 7) is 1.65. The largest absolute Gasteiger partial charge is 0.340 e. The Hall–Kier alpha value is -2.85. The number of rotatable bonds is 4. The van der Waals surface area contributed by atoms with Crippen molar-refractivity contribution < 1.29 is 4.79 Å². The molecule has 1 unspecified atom stereocenters. The second-order valence-corrected chi connectivity index (χ2v) is 7.76. The molecule has 0 aliphatic carbocycles.